The summed E-state index contributed by atoms with van der Waals surface area (Å²) in [7, 11) is 0. The second-order valence-corrected chi connectivity index (χ2v) is 7.82. The van der Waals surface area contributed by atoms with E-state index in [1.54, 1.807) is 36.4 Å². The van der Waals surface area contributed by atoms with E-state index >= 15 is 0 Å². The van der Waals surface area contributed by atoms with Gasteiger partial charge in [0.2, 0.25) is 0 Å². The van der Waals surface area contributed by atoms with Crippen LogP contribution in [0.4, 0.5) is 10.1 Å². The number of aromatic hydroxyl groups is 1. The summed E-state index contributed by atoms with van der Waals surface area (Å²) in [5.74, 6) is -1.35. The van der Waals surface area contributed by atoms with Gasteiger partial charge in [0.05, 0.1) is 0 Å². The van der Waals surface area contributed by atoms with Gasteiger partial charge in [-0.2, -0.15) is 0 Å². The molecule has 0 saturated carbocycles. The summed E-state index contributed by atoms with van der Waals surface area (Å²) in [5.41, 5.74) is 3.62. The normalized spacial score (nSPS) is 14.0. The van der Waals surface area contributed by atoms with Crippen LogP contribution in [0.25, 0.3) is 12.2 Å². The Morgan fingerprint density at radius 3 is 2.38 bits per heavy atom. The van der Waals surface area contributed by atoms with Crippen molar-refractivity contribution in [1.29, 1.82) is 0 Å². The van der Waals surface area contributed by atoms with E-state index in [0.29, 0.717) is 11.1 Å². The van der Waals surface area contributed by atoms with Crippen molar-refractivity contribution in [3.05, 3.63) is 94.8 Å². The average Bonchev–Trinajstić information content (AvgIpc) is 3.36. The largest absolute Gasteiger partial charge is 0.504 e. The molecule has 0 radical (unpaired) electrons. The molecule has 0 atom stereocenters. The predicted octanol–water partition coefficient (Wildman–Crippen LogP) is 5.60. The Hall–Kier alpha value is -3.73. The quantitative estimate of drug-likeness (QED) is 0.303. The topological polar surface area (TPSA) is 52.9 Å². The van der Waals surface area contributed by atoms with Gasteiger partial charge >= 0.3 is 0 Å². The molecule has 1 fully saturated rings. The van der Waals surface area contributed by atoms with Gasteiger partial charge in [0.25, 0.3) is 0 Å². The second-order valence-electron chi connectivity index (χ2n) is 7.82. The molecule has 3 aromatic rings. The third-order valence-electron chi connectivity index (χ3n) is 5.51. The SMILES string of the molecule is O=C(CN=Cc1cc(/C=C/c2ccc(N3CCCC3)cc2)cc(F)c1O)c1ccccc1. The van der Waals surface area contributed by atoms with Gasteiger partial charge in [-0.25, -0.2) is 4.39 Å². The van der Waals surface area contributed by atoms with Crippen LogP contribution in [0.3, 0.4) is 0 Å². The molecule has 1 aliphatic rings. The Morgan fingerprint density at radius 1 is 0.969 bits per heavy atom. The Bertz CT molecular complexity index is 1130. The number of ketones is 1. The van der Waals surface area contributed by atoms with Crippen LogP contribution >= 0.6 is 0 Å². The summed E-state index contributed by atoms with van der Waals surface area (Å²) < 4.78 is 14.2. The zero-order valence-electron chi connectivity index (χ0n) is 17.7. The number of aliphatic imine (C=N–C) groups is 1. The molecule has 1 saturated heterocycles. The molecule has 0 aliphatic carbocycles. The lowest BCUT2D eigenvalue weighted by Gasteiger charge is -2.17. The van der Waals surface area contributed by atoms with Gasteiger partial charge in [-0.1, -0.05) is 54.6 Å². The first-order valence-corrected chi connectivity index (χ1v) is 10.7. The van der Waals surface area contributed by atoms with E-state index in [2.05, 4.69) is 22.0 Å². The highest BCUT2D eigenvalue weighted by Gasteiger charge is 2.11. The molecule has 1 heterocycles. The number of carbonyl (C=O) groups is 1. The highest BCUT2D eigenvalue weighted by molar-refractivity contribution is 5.99. The smallest absolute Gasteiger partial charge is 0.184 e. The third-order valence-corrected chi connectivity index (χ3v) is 5.51. The summed E-state index contributed by atoms with van der Waals surface area (Å²) in [4.78, 5) is 18.6. The van der Waals surface area contributed by atoms with Crippen molar-refractivity contribution in [2.75, 3.05) is 24.5 Å². The minimum Gasteiger partial charge on any atom is -0.504 e. The average molecular weight is 429 g/mol. The predicted molar refractivity (Wildman–Crippen MR) is 128 cm³/mol. The van der Waals surface area contributed by atoms with Crippen LogP contribution in [-0.2, 0) is 0 Å². The summed E-state index contributed by atoms with van der Waals surface area (Å²) >= 11 is 0. The first-order chi connectivity index (χ1) is 15.6. The number of anilines is 1. The van der Waals surface area contributed by atoms with Crippen molar-refractivity contribution in [2.24, 2.45) is 4.99 Å². The molecule has 1 N–H and O–H groups in total. The van der Waals surface area contributed by atoms with E-state index in [1.807, 2.05) is 24.3 Å². The lowest BCUT2D eigenvalue weighted by Crippen LogP contribution is -2.17. The van der Waals surface area contributed by atoms with Gasteiger partial charge in [0, 0.05) is 36.1 Å². The van der Waals surface area contributed by atoms with Gasteiger partial charge in [-0.15, -0.1) is 0 Å². The summed E-state index contributed by atoms with van der Waals surface area (Å²) in [6.07, 6.45) is 7.50. The van der Waals surface area contributed by atoms with Crippen molar-refractivity contribution in [3.8, 4) is 5.75 Å². The highest BCUT2D eigenvalue weighted by atomic mass is 19.1. The van der Waals surface area contributed by atoms with Crippen molar-refractivity contribution >= 4 is 29.8 Å². The number of rotatable bonds is 7. The number of carbonyl (C=O) groups excluding carboxylic acids is 1. The van der Waals surface area contributed by atoms with E-state index in [-0.39, 0.29) is 17.9 Å². The lowest BCUT2D eigenvalue weighted by molar-refractivity contribution is 0.100. The maximum absolute atomic E-state index is 14.2. The van der Waals surface area contributed by atoms with E-state index in [1.165, 1.54) is 30.8 Å². The van der Waals surface area contributed by atoms with E-state index in [4.69, 9.17) is 0 Å². The zero-order chi connectivity index (χ0) is 22.3. The number of hydrogen-bond donors (Lipinski definition) is 1. The highest BCUT2D eigenvalue weighted by Crippen LogP contribution is 2.24. The van der Waals surface area contributed by atoms with Crippen molar-refractivity contribution < 1.29 is 14.3 Å². The molecule has 3 aromatic carbocycles. The Morgan fingerprint density at radius 2 is 1.66 bits per heavy atom. The molecule has 1 aliphatic heterocycles. The molecule has 0 spiro atoms. The Kier molecular flexibility index (Phi) is 6.75. The number of benzene rings is 3. The number of phenolic OH excluding ortho intramolecular Hbond substituents is 1. The van der Waals surface area contributed by atoms with Gasteiger partial charge < -0.3 is 10.0 Å². The molecule has 0 aromatic heterocycles. The van der Waals surface area contributed by atoms with Gasteiger partial charge in [-0.3, -0.25) is 9.79 Å². The number of nitrogens with zero attached hydrogens (tertiary/aromatic N) is 2. The molecular formula is C27H25FN2O2. The van der Waals surface area contributed by atoms with Gasteiger partial charge in [0.1, 0.15) is 6.54 Å². The minimum absolute atomic E-state index is 0.0749. The van der Waals surface area contributed by atoms with Crippen LogP contribution in [0.5, 0.6) is 5.75 Å². The van der Waals surface area contributed by atoms with Crippen LogP contribution in [-0.4, -0.2) is 36.7 Å². The number of phenols is 1. The van der Waals surface area contributed by atoms with E-state index in [0.717, 1.165) is 18.7 Å². The van der Waals surface area contributed by atoms with Crippen molar-refractivity contribution in [1.82, 2.24) is 0 Å². The maximum Gasteiger partial charge on any atom is 0.184 e. The third kappa shape index (κ3) is 5.30. The van der Waals surface area contributed by atoms with Crippen LogP contribution in [0, 0.1) is 5.82 Å². The summed E-state index contributed by atoms with van der Waals surface area (Å²) in [5, 5.41) is 10.0. The molecule has 5 heteroatoms. The molecular weight excluding hydrogens is 403 g/mol. The monoisotopic (exact) mass is 428 g/mol. The Labute approximate surface area is 187 Å². The fourth-order valence-electron chi connectivity index (χ4n) is 3.74. The Balaban J connectivity index is 1.45. The fraction of sp³-hybridized carbons (Fsp3) is 0.185. The van der Waals surface area contributed by atoms with Crippen LogP contribution < -0.4 is 4.90 Å². The maximum atomic E-state index is 14.2. The zero-order valence-corrected chi connectivity index (χ0v) is 17.7. The molecule has 4 nitrogen and oxygen atoms in total. The molecule has 0 unspecified atom stereocenters. The molecule has 32 heavy (non-hydrogen) atoms. The van der Waals surface area contributed by atoms with E-state index < -0.39 is 11.6 Å². The standard InChI is InChI=1S/C27H25FN2O2/c28-25-17-21(9-8-20-10-12-24(13-11-20)30-14-4-5-15-30)16-23(27(25)32)18-29-19-26(31)22-6-2-1-3-7-22/h1-3,6-13,16-18,32H,4-5,14-15,19H2/b9-8+,29-18?. The van der Waals surface area contributed by atoms with E-state index in [9.17, 15) is 14.3 Å². The van der Waals surface area contributed by atoms with Crippen LogP contribution in [0.1, 0.15) is 39.9 Å². The molecule has 4 rings (SSSR count). The van der Waals surface area contributed by atoms with Crippen LogP contribution in [0.2, 0.25) is 0 Å². The molecule has 162 valence electrons. The fourth-order valence-corrected chi connectivity index (χ4v) is 3.74. The van der Waals surface area contributed by atoms with Crippen LogP contribution in [0.15, 0.2) is 71.7 Å². The van der Waals surface area contributed by atoms with Gasteiger partial charge in [0.15, 0.2) is 17.3 Å². The molecule has 0 bridgehead atoms. The van der Waals surface area contributed by atoms with Gasteiger partial charge in [-0.05, 0) is 48.2 Å². The second kappa shape index (κ2) is 10.1. The number of Topliss-reactive ketones (excluding diaryl/α,β-unsaturated/α-hetero) is 1. The summed E-state index contributed by atoms with van der Waals surface area (Å²) in [6, 6.07) is 20.0. The van der Waals surface area contributed by atoms with Crippen molar-refractivity contribution in [2.45, 2.75) is 12.8 Å². The summed E-state index contributed by atoms with van der Waals surface area (Å²) in [6.45, 7) is 2.13. The lowest BCUT2D eigenvalue weighted by atomic mass is 10.1. The number of hydrogen-bond acceptors (Lipinski definition) is 4. The van der Waals surface area contributed by atoms with Crippen molar-refractivity contribution in [3.63, 3.8) is 0 Å². The minimum atomic E-state index is -0.729. The first kappa shape index (κ1) is 21.5. The molecule has 0 amide bonds. The number of halogens is 1. The first-order valence-electron chi connectivity index (χ1n) is 10.7.